The lowest BCUT2D eigenvalue weighted by molar-refractivity contribution is -0.119. The maximum Gasteiger partial charge on any atom is 0.235 e. The van der Waals surface area contributed by atoms with Gasteiger partial charge in [-0.15, -0.1) is 0 Å². The van der Waals surface area contributed by atoms with Crippen molar-refractivity contribution >= 4 is 23.2 Å². The number of nitrogens with one attached hydrogen (secondary N) is 1. The number of hydrogen-bond acceptors (Lipinski definition) is 7. The van der Waals surface area contributed by atoms with E-state index in [1.807, 2.05) is 38.1 Å². The molecule has 36 heavy (non-hydrogen) atoms. The average molecular weight is 492 g/mol. The highest BCUT2D eigenvalue weighted by Crippen LogP contribution is 2.50. The van der Waals surface area contributed by atoms with Crippen molar-refractivity contribution in [3.63, 3.8) is 0 Å². The molecule has 1 aromatic carbocycles. The average Bonchev–Trinajstić information content (AvgIpc) is 2.81. The molecule has 2 aliphatic rings. The lowest BCUT2D eigenvalue weighted by Crippen LogP contribution is -2.41. The van der Waals surface area contributed by atoms with Crippen molar-refractivity contribution in [1.82, 2.24) is 4.98 Å². The first kappa shape index (κ1) is 25.4. The van der Waals surface area contributed by atoms with Gasteiger partial charge < -0.3 is 19.5 Å². The third-order valence-corrected chi connectivity index (χ3v) is 6.77. The van der Waals surface area contributed by atoms with E-state index in [-0.39, 0.29) is 17.1 Å². The summed E-state index contributed by atoms with van der Waals surface area (Å²) in [5.41, 5.74) is 3.26. The number of carbonyl (C=O) groups excluding carboxylic acids is 2. The number of rotatable bonds is 6. The van der Waals surface area contributed by atoms with E-state index in [4.69, 9.17) is 19.2 Å². The van der Waals surface area contributed by atoms with Crippen LogP contribution in [0.4, 0.5) is 5.82 Å². The summed E-state index contributed by atoms with van der Waals surface area (Å²) in [7, 11) is 4.62. The van der Waals surface area contributed by atoms with E-state index in [0.29, 0.717) is 47.2 Å². The first-order valence-electron chi connectivity index (χ1n) is 11.9. The number of nitrogens with zero attached hydrogens (tertiary/aromatic N) is 2. The van der Waals surface area contributed by atoms with Gasteiger partial charge in [-0.3, -0.25) is 14.6 Å². The zero-order chi connectivity index (χ0) is 26.2. The van der Waals surface area contributed by atoms with Gasteiger partial charge in [0.15, 0.2) is 17.3 Å². The zero-order valence-corrected chi connectivity index (χ0v) is 21.9. The van der Waals surface area contributed by atoms with Gasteiger partial charge in [0.05, 0.1) is 27.2 Å². The molecule has 0 bridgehead atoms. The van der Waals surface area contributed by atoms with E-state index in [1.165, 1.54) is 7.11 Å². The first-order valence-corrected chi connectivity index (χ1v) is 11.9. The summed E-state index contributed by atoms with van der Waals surface area (Å²) in [6.45, 7) is 7.84. The minimum Gasteiger partial charge on any atom is -0.493 e. The van der Waals surface area contributed by atoms with Gasteiger partial charge in [-0.05, 0) is 55.5 Å². The van der Waals surface area contributed by atoms with Crippen LogP contribution in [0.25, 0.3) is 0 Å². The van der Waals surface area contributed by atoms with Crippen molar-refractivity contribution in [2.45, 2.75) is 46.5 Å². The number of Topliss-reactive ketones (excluding diaryl/α,β-unsaturated/α-hetero) is 1. The standard InChI is InChI=1S/C28H33N3O5/c1-15-9-8-10-22(29-15)31-27(33)23-16(2)30-18-13-28(3,4)14-19(32)25(18)24(23)17-11-20(34-5)26(36-7)21(12-17)35-6/h8-12,23-24H,13-14H2,1-7H3,(H,29,31,33)/t23?,24-/m0/s1. The number of hydrogen-bond donors (Lipinski definition) is 1. The summed E-state index contributed by atoms with van der Waals surface area (Å²) in [4.78, 5) is 36.6. The Labute approximate surface area is 211 Å². The Morgan fingerprint density at radius 3 is 2.28 bits per heavy atom. The largest absolute Gasteiger partial charge is 0.493 e. The van der Waals surface area contributed by atoms with Crippen molar-refractivity contribution in [3.8, 4) is 17.2 Å². The molecule has 4 rings (SSSR count). The van der Waals surface area contributed by atoms with Crippen molar-refractivity contribution < 1.29 is 23.8 Å². The number of amides is 1. The van der Waals surface area contributed by atoms with E-state index in [9.17, 15) is 9.59 Å². The van der Waals surface area contributed by atoms with Crippen molar-refractivity contribution in [2.75, 3.05) is 26.6 Å². The smallest absolute Gasteiger partial charge is 0.235 e. The molecule has 2 atom stereocenters. The topological polar surface area (TPSA) is 99.1 Å². The Morgan fingerprint density at radius 2 is 1.69 bits per heavy atom. The van der Waals surface area contributed by atoms with Crippen LogP contribution < -0.4 is 19.5 Å². The van der Waals surface area contributed by atoms with Crippen LogP contribution in [0, 0.1) is 18.3 Å². The summed E-state index contributed by atoms with van der Waals surface area (Å²) in [5.74, 6) is 0.237. The normalized spacial score (nSPS) is 20.9. The predicted octanol–water partition coefficient (Wildman–Crippen LogP) is 4.87. The molecule has 1 aliphatic carbocycles. The quantitative estimate of drug-likeness (QED) is 0.619. The van der Waals surface area contributed by atoms with Crippen LogP contribution >= 0.6 is 0 Å². The molecule has 0 radical (unpaired) electrons. The van der Waals surface area contributed by atoms with E-state index in [2.05, 4.69) is 24.1 Å². The predicted molar refractivity (Wildman–Crippen MR) is 138 cm³/mol. The van der Waals surface area contributed by atoms with E-state index in [1.54, 1.807) is 20.3 Å². The van der Waals surface area contributed by atoms with Gasteiger partial charge in [0.1, 0.15) is 5.82 Å². The molecule has 8 nitrogen and oxygen atoms in total. The van der Waals surface area contributed by atoms with E-state index in [0.717, 1.165) is 17.0 Å². The minimum atomic E-state index is -0.723. The highest BCUT2D eigenvalue weighted by Gasteiger charge is 2.46. The number of pyridine rings is 1. The van der Waals surface area contributed by atoms with Crippen LogP contribution in [0.1, 0.15) is 50.8 Å². The fourth-order valence-corrected chi connectivity index (χ4v) is 5.24. The van der Waals surface area contributed by atoms with Crippen molar-refractivity contribution in [1.29, 1.82) is 0 Å². The first-order chi connectivity index (χ1) is 17.1. The van der Waals surface area contributed by atoms with Crippen molar-refractivity contribution in [2.24, 2.45) is 16.3 Å². The van der Waals surface area contributed by atoms with Gasteiger partial charge in [-0.25, -0.2) is 4.98 Å². The second kappa shape index (κ2) is 9.76. The Bertz CT molecular complexity index is 1250. The third kappa shape index (κ3) is 4.72. The molecule has 0 saturated carbocycles. The fraction of sp³-hybridized carbons (Fsp3) is 0.429. The second-order valence-electron chi connectivity index (χ2n) is 10.1. The molecule has 0 saturated heterocycles. The lowest BCUT2D eigenvalue weighted by atomic mass is 9.66. The van der Waals surface area contributed by atoms with Crippen LogP contribution in [-0.2, 0) is 9.59 Å². The number of allylic oxidation sites excluding steroid dienone is 2. The van der Waals surface area contributed by atoms with Crippen LogP contribution in [-0.4, -0.2) is 43.7 Å². The zero-order valence-electron chi connectivity index (χ0n) is 21.9. The maximum atomic E-state index is 13.8. The molecule has 2 heterocycles. The second-order valence-corrected chi connectivity index (χ2v) is 10.1. The van der Waals surface area contributed by atoms with Gasteiger partial charge >= 0.3 is 0 Å². The molecule has 1 aliphatic heterocycles. The van der Waals surface area contributed by atoms with Gasteiger partial charge in [0.25, 0.3) is 0 Å². The SMILES string of the molecule is COc1cc([C@@H]2C3=C(CC(C)(C)CC3=O)N=C(C)C2C(=O)Nc2cccc(C)n2)cc(OC)c1OC. The Kier molecular flexibility index (Phi) is 6.89. The molecule has 0 spiro atoms. The number of carbonyl (C=O) groups is 2. The summed E-state index contributed by atoms with van der Waals surface area (Å²) >= 11 is 0. The lowest BCUT2D eigenvalue weighted by Gasteiger charge is -2.39. The molecule has 0 fully saturated rings. The van der Waals surface area contributed by atoms with Gasteiger partial charge in [-0.2, -0.15) is 0 Å². The van der Waals surface area contributed by atoms with Crippen LogP contribution in [0.5, 0.6) is 17.2 Å². The number of aryl methyl sites for hydroxylation is 1. The molecule has 2 aromatic rings. The fourth-order valence-electron chi connectivity index (χ4n) is 5.24. The molecule has 190 valence electrons. The number of anilines is 1. The summed E-state index contributed by atoms with van der Waals surface area (Å²) in [5, 5.41) is 2.94. The number of aliphatic imine (C=N–C) groups is 1. The molecular weight excluding hydrogens is 458 g/mol. The molecule has 1 amide bonds. The van der Waals surface area contributed by atoms with Crippen molar-refractivity contribution in [3.05, 3.63) is 52.9 Å². The molecule has 1 N–H and O–H groups in total. The van der Waals surface area contributed by atoms with E-state index < -0.39 is 11.8 Å². The molecular formula is C28H33N3O5. The van der Waals surface area contributed by atoms with Crippen LogP contribution in [0.15, 0.2) is 46.6 Å². The molecule has 1 aromatic heterocycles. The van der Waals surface area contributed by atoms with Gasteiger partial charge in [0.2, 0.25) is 11.7 Å². The monoisotopic (exact) mass is 491 g/mol. The Hall–Kier alpha value is -3.68. The Balaban J connectivity index is 1.89. The summed E-state index contributed by atoms with van der Waals surface area (Å²) in [6, 6.07) is 9.07. The number of ketones is 1. The molecule has 1 unspecified atom stereocenters. The van der Waals surface area contributed by atoms with Gasteiger partial charge in [0, 0.05) is 35.0 Å². The van der Waals surface area contributed by atoms with Crippen LogP contribution in [0.2, 0.25) is 0 Å². The number of aromatic nitrogens is 1. The Morgan fingerprint density at radius 1 is 1.03 bits per heavy atom. The molecule has 8 heteroatoms. The third-order valence-electron chi connectivity index (χ3n) is 6.77. The number of ether oxygens (including phenoxy) is 3. The number of benzene rings is 1. The summed E-state index contributed by atoms with van der Waals surface area (Å²) in [6.07, 6.45) is 1.04. The minimum absolute atomic E-state index is 0.00253. The highest BCUT2D eigenvalue weighted by atomic mass is 16.5. The number of methoxy groups -OCH3 is 3. The van der Waals surface area contributed by atoms with Gasteiger partial charge in [-0.1, -0.05) is 19.9 Å². The van der Waals surface area contributed by atoms with Crippen LogP contribution in [0.3, 0.4) is 0 Å². The summed E-state index contributed by atoms with van der Waals surface area (Å²) < 4.78 is 16.7. The maximum absolute atomic E-state index is 13.8. The highest BCUT2D eigenvalue weighted by molar-refractivity contribution is 6.13. The van der Waals surface area contributed by atoms with E-state index >= 15 is 0 Å².